The van der Waals surface area contributed by atoms with Crippen molar-refractivity contribution in [3.05, 3.63) is 106 Å². The van der Waals surface area contributed by atoms with Gasteiger partial charge in [0.25, 0.3) is 11.8 Å². The molecule has 0 aliphatic heterocycles. The molecular formula is C23H19BrN2O3. The normalized spacial score (nSPS) is 10.2. The van der Waals surface area contributed by atoms with Crippen molar-refractivity contribution >= 4 is 33.5 Å². The molecule has 0 saturated heterocycles. The van der Waals surface area contributed by atoms with Gasteiger partial charge in [-0.05, 0) is 42.5 Å². The highest BCUT2D eigenvalue weighted by molar-refractivity contribution is 9.10. The molecule has 0 spiro atoms. The number of amides is 2. The summed E-state index contributed by atoms with van der Waals surface area (Å²) < 4.78 is 0.873. The Morgan fingerprint density at radius 2 is 1.17 bits per heavy atom. The van der Waals surface area contributed by atoms with Crippen molar-refractivity contribution in [1.82, 2.24) is 10.6 Å². The number of carbonyl (C=O) groups is 3. The number of rotatable bonds is 7. The summed E-state index contributed by atoms with van der Waals surface area (Å²) in [5.74, 6) is -0.786. The Labute approximate surface area is 177 Å². The van der Waals surface area contributed by atoms with E-state index >= 15 is 0 Å². The summed E-state index contributed by atoms with van der Waals surface area (Å²) in [6, 6.07) is 22.5. The zero-order valence-corrected chi connectivity index (χ0v) is 17.1. The predicted octanol–water partition coefficient (Wildman–Crippen LogP) is 3.84. The van der Waals surface area contributed by atoms with E-state index in [1.54, 1.807) is 72.8 Å². The van der Waals surface area contributed by atoms with Gasteiger partial charge in [0, 0.05) is 34.3 Å². The molecule has 2 N–H and O–H groups in total. The van der Waals surface area contributed by atoms with Crippen LogP contribution in [0.1, 0.15) is 36.6 Å². The van der Waals surface area contributed by atoms with Gasteiger partial charge in [0.1, 0.15) is 0 Å². The van der Waals surface area contributed by atoms with Gasteiger partial charge in [0.05, 0.1) is 5.56 Å². The molecule has 29 heavy (non-hydrogen) atoms. The van der Waals surface area contributed by atoms with Gasteiger partial charge in [-0.3, -0.25) is 14.4 Å². The molecule has 5 nitrogen and oxygen atoms in total. The zero-order chi connectivity index (χ0) is 20.6. The van der Waals surface area contributed by atoms with Gasteiger partial charge in [-0.2, -0.15) is 0 Å². The molecule has 0 atom stereocenters. The van der Waals surface area contributed by atoms with Crippen LogP contribution in [0.15, 0.2) is 83.3 Å². The molecule has 0 unspecified atom stereocenters. The molecular weight excluding hydrogens is 432 g/mol. The summed E-state index contributed by atoms with van der Waals surface area (Å²) in [6.45, 7) is 0.528. The van der Waals surface area contributed by atoms with Crippen molar-refractivity contribution in [3.8, 4) is 0 Å². The van der Waals surface area contributed by atoms with E-state index in [1.165, 1.54) is 0 Å². The van der Waals surface area contributed by atoms with Crippen molar-refractivity contribution < 1.29 is 14.4 Å². The van der Waals surface area contributed by atoms with Crippen LogP contribution in [0.4, 0.5) is 0 Å². The van der Waals surface area contributed by atoms with Gasteiger partial charge in [-0.1, -0.05) is 52.3 Å². The Morgan fingerprint density at radius 1 is 0.621 bits per heavy atom. The number of ketones is 1. The first kappa shape index (κ1) is 20.5. The first-order chi connectivity index (χ1) is 14.1. The number of hydrogen-bond donors (Lipinski definition) is 2. The summed E-state index contributed by atoms with van der Waals surface area (Å²) in [7, 11) is 0. The molecule has 0 saturated carbocycles. The maximum atomic E-state index is 12.8. The van der Waals surface area contributed by atoms with Crippen LogP contribution in [0.25, 0.3) is 0 Å². The SMILES string of the molecule is O=C(NCCNC(=O)c1ccccc1C(=O)c1ccc(Br)cc1)c1ccccc1. The monoisotopic (exact) mass is 450 g/mol. The fraction of sp³-hybridized carbons (Fsp3) is 0.0870. The lowest BCUT2D eigenvalue weighted by atomic mass is 9.98. The van der Waals surface area contributed by atoms with Crippen LogP contribution in [0, 0.1) is 0 Å². The average molecular weight is 451 g/mol. The van der Waals surface area contributed by atoms with Gasteiger partial charge < -0.3 is 10.6 Å². The van der Waals surface area contributed by atoms with Gasteiger partial charge in [-0.25, -0.2) is 0 Å². The van der Waals surface area contributed by atoms with Crippen LogP contribution in [0.3, 0.4) is 0 Å². The molecule has 3 rings (SSSR count). The standard InChI is InChI=1S/C23H19BrN2O3/c24-18-12-10-16(11-13-18)21(27)19-8-4-5-9-20(19)23(29)26-15-14-25-22(28)17-6-2-1-3-7-17/h1-13H,14-15H2,(H,25,28)(H,26,29). The molecule has 0 fully saturated rings. The van der Waals surface area contributed by atoms with E-state index in [2.05, 4.69) is 26.6 Å². The summed E-state index contributed by atoms with van der Waals surface area (Å²) in [5.41, 5.74) is 1.70. The van der Waals surface area contributed by atoms with E-state index in [9.17, 15) is 14.4 Å². The Hall–Kier alpha value is -3.25. The third-order valence-electron chi connectivity index (χ3n) is 4.25. The quantitative estimate of drug-likeness (QED) is 0.424. The van der Waals surface area contributed by atoms with E-state index < -0.39 is 0 Å². The molecule has 2 amide bonds. The highest BCUT2D eigenvalue weighted by Gasteiger charge is 2.17. The first-order valence-electron chi connectivity index (χ1n) is 9.07. The van der Waals surface area contributed by atoms with Crippen LogP contribution in [0.5, 0.6) is 0 Å². The number of nitrogens with one attached hydrogen (secondary N) is 2. The van der Waals surface area contributed by atoms with Crippen molar-refractivity contribution in [2.24, 2.45) is 0 Å². The van der Waals surface area contributed by atoms with E-state index in [0.29, 0.717) is 22.3 Å². The minimum Gasteiger partial charge on any atom is -0.350 e. The number of halogens is 1. The summed E-state index contributed by atoms with van der Waals surface area (Å²) in [6.07, 6.45) is 0. The lowest BCUT2D eigenvalue weighted by molar-refractivity contribution is 0.0924. The Morgan fingerprint density at radius 3 is 1.83 bits per heavy atom. The van der Waals surface area contributed by atoms with Gasteiger partial charge in [0.2, 0.25) is 0 Å². The molecule has 0 aliphatic carbocycles. The fourth-order valence-electron chi connectivity index (χ4n) is 2.77. The summed E-state index contributed by atoms with van der Waals surface area (Å²) in [5, 5.41) is 5.50. The molecule has 0 heterocycles. The molecule has 0 radical (unpaired) electrons. The van der Waals surface area contributed by atoms with Crippen LogP contribution >= 0.6 is 15.9 Å². The maximum absolute atomic E-state index is 12.8. The second-order valence-corrected chi connectivity index (χ2v) is 7.18. The largest absolute Gasteiger partial charge is 0.350 e. The van der Waals surface area contributed by atoms with Crippen molar-refractivity contribution in [1.29, 1.82) is 0 Å². The van der Waals surface area contributed by atoms with Crippen molar-refractivity contribution in [2.45, 2.75) is 0 Å². The zero-order valence-electron chi connectivity index (χ0n) is 15.5. The predicted molar refractivity (Wildman–Crippen MR) is 115 cm³/mol. The minimum absolute atomic E-state index is 0.203. The number of carbonyl (C=O) groups excluding carboxylic acids is 3. The van der Waals surface area contributed by atoms with Crippen LogP contribution < -0.4 is 10.6 Å². The molecule has 3 aromatic carbocycles. The van der Waals surface area contributed by atoms with Crippen molar-refractivity contribution in [3.63, 3.8) is 0 Å². The molecule has 3 aromatic rings. The van der Waals surface area contributed by atoms with Gasteiger partial charge >= 0.3 is 0 Å². The Bertz CT molecular complexity index is 1020. The number of benzene rings is 3. The van der Waals surface area contributed by atoms with Crippen molar-refractivity contribution in [2.75, 3.05) is 13.1 Å². The Balaban J connectivity index is 1.60. The fourth-order valence-corrected chi connectivity index (χ4v) is 3.04. The highest BCUT2D eigenvalue weighted by atomic mass is 79.9. The second-order valence-electron chi connectivity index (χ2n) is 6.26. The number of hydrogen-bond acceptors (Lipinski definition) is 3. The van der Waals surface area contributed by atoms with E-state index in [4.69, 9.17) is 0 Å². The third kappa shape index (κ3) is 5.39. The lowest BCUT2D eigenvalue weighted by Gasteiger charge is -2.10. The van der Waals surface area contributed by atoms with Crippen LogP contribution in [0.2, 0.25) is 0 Å². The molecule has 0 aromatic heterocycles. The highest BCUT2D eigenvalue weighted by Crippen LogP contribution is 2.17. The van der Waals surface area contributed by atoms with Crippen LogP contribution in [-0.4, -0.2) is 30.7 Å². The van der Waals surface area contributed by atoms with E-state index in [-0.39, 0.29) is 30.7 Å². The summed E-state index contributed by atoms with van der Waals surface area (Å²) in [4.78, 5) is 37.4. The third-order valence-corrected chi connectivity index (χ3v) is 4.78. The topological polar surface area (TPSA) is 75.3 Å². The Kier molecular flexibility index (Phi) is 6.92. The van der Waals surface area contributed by atoms with Gasteiger partial charge in [0.15, 0.2) is 5.78 Å². The molecule has 6 heteroatoms. The maximum Gasteiger partial charge on any atom is 0.252 e. The minimum atomic E-state index is -0.361. The second kappa shape index (κ2) is 9.80. The molecule has 0 bridgehead atoms. The van der Waals surface area contributed by atoms with Crippen LogP contribution in [-0.2, 0) is 0 Å². The van der Waals surface area contributed by atoms with E-state index in [1.807, 2.05) is 6.07 Å². The average Bonchev–Trinajstić information content (AvgIpc) is 2.77. The molecule has 146 valence electrons. The molecule has 0 aliphatic rings. The summed E-state index contributed by atoms with van der Waals surface area (Å²) >= 11 is 3.34. The first-order valence-corrected chi connectivity index (χ1v) is 9.86. The van der Waals surface area contributed by atoms with Gasteiger partial charge in [-0.15, -0.1) is 0 Å². The van der Waals surface area contributed by atoms with E-state index in [0.717, 1.165) is 4.47 Å². The lowest BCUT2D eigenvalue weighted by Crippen LogP contribution is -2.35. The smallest absolute Gasteiger partial charge is 0.252 e.